The first-order valence-electron chi connectivity index (χ1n) is 9.71. The average molecular weight is 418 g/mol. The fourth-order valence-corrected chi connectivity index (χ4v) is 3.22. The molecule has 3 aromatic rings. The topological polar surface area (TPSA) is 159 Å². The summed E-state index contributed by atoms with van der Waals surface area (Å²) in [5, 5.41) is 50.6. The Morgan fingerprint density at radius 3 is 2.47 bits per heavy atom. The molecule has 0 amide bonds. The van der Waals surface area contributed by atoms with E-state index in [1.165, 1.54) is 9.25 Å². The lowest BCUT2D eigenvalue weighted by molar-refractivity contribution is -0.0805. The van der Waals surface area contributed by atoms with E-state index in [-0.39, 0.29) is 18.1 Å². The van der Waals surface area contributed by atoms with Crippen molar-refractivity contribution in [2.75, 3.05) is 6.61 Å². The van der Waals surface area contributed by atoms with Gasteiger partial charge in [-0.15, -0.1) is 5.10 Å². The summed E-state index contributed by atoms with van der Waals surface area (Å²) in [5.74, 6) is 0.209. The summed E-state index contributed by atoms with van der Waals surface area (Å²) >= 11 is 0. The summed E-state index contributed by atoms with van der Waals surface area (Å²) in [6.07, 6.45) is -3.92. The predicted molar refractivity (Wildman–Crippen MR) is 108 cm³/mol. The highest BCUT2D eigenvalue weighted by Crippen LogP contribution is 2.20. The smallest absolute Gasteiger partial charge is 0.281 e. The van der Waals surface area contributed by atoms with Gasteiger partial charge in [-0.2, -0.15) is 0 Å². The fraction of sp³-hybridized carbons (Fsp3) is 0.526. The molecular weight excluding hydrogens is 392 g/mol. The summed E-state index contributed by atoms with van der Waals surface area (Å²) in [7, 11) is 0. The van der Waals surface area contributed by atoms with E-state index in [2.05, 4.69) is 20.5 Å². The second kappa shape index (κ2) is 8.96. The maximum atomic E-state index is 13.3. The van der Waals surface area contributed by atoms with Gasteiger partial charge in [-0.05, 0) is 54.0 Å². The molecule has 4 N–H and O–H groups in total. The van der Waals surface area contributed by atoms with Crippen molar-refractivity contribution in [2.24, 2.45) is 0 Å². The molecule has 0 aliphatic carbocycles. The van der Waals surface area contributed by atoms with Crippen LogP contribution in [0.25, 0.3) is 22.6 Å². The Bertz CT molecular complexity index is 1090. The molecule has 0 unspecified atom stereocenters. The predicted octanol–water partition coefficient (Wildman–Crippen LogP) is -0.848. The molecule has 3 atom stereocenters. The van der Waals surface area contributed by atoms with Crippen LogP contribution in [-0.4, -0.2) is 75.1 Å². The molecule has 1 aromatic carbocycles. The summed E-state index contributed by atoms with van der Waals surface area (Å²) in [6, 6.07) is 3.60. The minimum atomic E-state index is -1.63. The Morgan fingerprint density at radius 2 is 1.80 bits per heavy atom. The summed E-state index contributed by atoms with van der Waals surface area (Å²) in [6.45, 7) is 5.22. The molecule has 2 aromatic heterocycles. The third kappa shape index (κ3) is 4.10. The zero-order valence-electron chi connectivity index (χ0n) is 17.1. The Kier molecular flexibility index (Phi) is 6.56. The normalized spacial score (nSPS) is 14.8. The Labute approximate surface area is 172 Å². The number of nitrogens with zero attached hydrogens (tertiary/aromatic N) is 6. The van der Waals surface area contributed by atoms with E-state index < -0.39 is 30.5 Å². The zero-order valence-corrected chi connectivity index (χ0v) is 17.1. The molecule has 162 valence electrons. The molecule has 0 saturated heterocycles. The van der Waals surface area contributed by atoms with Gasteiger partial charge < -0.3 is 25.0 Å². The molecule has 0 fully saturated rings. The monoisotopic (exact) mass is 418 g/mol. The van der Waals surface area contributed by atoms with Crippen LogP contribution in [0.3, 0.4) is 0 Å². The SMILES string of the molecule is CCCn1nnnc1-c1nc2cc(C)c(C)cc2n(C[C@H](O)[C@H](O)[C@H](O)CO)c1=O. The number of aromatic nitrogens is 6. The number of aryl methyl sites for hydroxylation is 3. The van der Waals surface area contributed by atoms with E-state index in [0.29, 0.717) is 17.6 Å². The van der Waals surface area contributed by atoms with Crippen LogP contribution in [0.5, 0.6) is 0 Å². The molecule has 30 heavy (non-hydrogen) atoms. The molecule has 0 radical (unpaired) electrons. The average Bonchev–Trinajstić information content (AvgIpc) is 3.18. The molecule has 11 nitrogen and oxygen atoms in total. The number of tetrazole rings is 1. The standard InChI is InChI=1S/C19H26N6O5/c1-4-5-25-18(21-22-23-25)16-19(30)24(8-14(27)17(29)15(28)9-26)13-7-11(3)10(2)6-12(13)20-16/h6-7,14-15,17,26-29H,4-5,8-9H2,1-3H3/t14-,15+,17-/m0/s1. The van der Waals surface area contributed by atoms with Gasteiger partial charge in [0.15, 0.2) is 5.69 Å². The third-order valence-electron chi connectivity index (χ3n) is 5.09. The first-order chi connectivity index (χ1) is 14.3. The first kappa shape index (κ1) is 22.0. The second-order valence-electron chi connectivity index (χ2n) is 7.33. The highest BCUT2D eigenvalue weighted by Gasteiger charge is 2.27. The molecular formula is C19H26N6O5. The molecule has 0 spiro atoms. The van der Waals surface area contributed by atoms with Crippen molar-refractivity contribution in [3.8, 4) is 11.5 Å². The minimum Gasteiger partial charge on any atom is -0.394 e. The van der Waals surface area contributed by atoms with Crippen LogP contribution in [0.2, 0.25) is 0 Å². The van der Waals surface area contributed by atoms with Crippen molar-refractivity contribution in [3.63, 3.8) is 0 Å². The van der Waals surface area contributed by atoms with Crippen LogP contribution in [0.4, 0.5) is 0 Å². The van der Waals surface area contributed by atoms with Crippen molar-refractivity contribution in [3.05, 3.63) is 33.6 Å². The Morgan fingerprint density at radius 1 is 1.10 bits per heavy atom. The number of aliphatic hydroxyl groups excluding tert-OH is 4. The van der Waals surface area contributed by atoms with Crippen LogP contribution < -0.4 is 5.56 Å². The number of benzene rings is 1. The highest BCUT2D eigenvalue weighted by atomic mass is 16.4. The van der Waals surface area contributed by atoms with Gasteiger partial charge in [-0.3, -0.25) is 4.79 Å². The van der Waals surface area contributed by atoms with E-state index in [9.17, 15) is 20.1 Å². The number of fused-ring (bicyclic) bond motifs is 1. The van der Waals surface area contributed by atoms with Gasteiger partial charge >= 0.3 is 0 Å². The van der Waals surface area contributed by atoms with Crippen molar-refractivity contribution < 1.29 is 20.4 Å². The minimum absolute atomic E-state index is 0.0219. The Hall–Kier alpha value is -2.73. The van der Waals surface area contributed by atoms with Gasteiger partial charge in [0, 0.05) is 6.54 Å². The van der Waals surface area contributed by atoms with E-state index in [1.807, 2.05) is 26.8 Å². The molecule has 2 heterocycles. The van der Waals surface area contributed by atoms with Crippen LogP contribution in [0, 0.1) is 13.8 Å². The van der Waals surface area contributed by atoms with Gasteiger partial charge in [-0.25, -0.2) is 9.67 Å². The number of rotatable bonds is 8. The van der Waals surface area contributed by atoms with E-state index in [0.717, 1.165) is 17.5 Å². The quantitative estimate of drug-likeness (QED) is 0.365. The lowest BCUT2D eigenvalue weighted by Crippen LogP contribution is -2.43. The fourth-order valence-electron chi connectivity index (χ4n) is 3.22. The molecule has 0 aliphatic heterocycles. The summed E-state index contributed by atoms with van der Waals surface area (Å²) in [5.41, 5.74) is 2.34. The molecule has 11 heteroatoms. The van der Waals surface area contributed by atoms with E-state index >= 15 is 0 Å². The lowest BCUT2D eigenvalue weighted by Gasteiger charge is -2.23. The second-order valence-corrected chi connectivity index (χ2v) is 7.33. The van der Waals surface area contributed by atoms with Crippen molar-refractivity contribution in [2.45, 2.75) is 58.6 Å². The highest BCUT2D eigenvalue weighted by molar-refractivity contribution is 5.79. The van der Waals surface area contributed by atoms with Crippen LogP contribution >= 0.6 is 0 Å². The van der Waals surface area contributed by atoms with Gasteiger partial charge in [0.25, 0.3) is 5.56 Å². The largest absolute Gasteiger partial charge is 0.394 e. The van der Waals surface area contributed by atoms with E-state index in [1.54, 1.807) is 6.07 Å². The molecule has 3 rings (SSSR count). The maximum absolute atomic E-state index is 13.3. The van der Waals surface area contributed by atoms with E-state index in [4.69, 9.17) is 5.11 Å². The summed E-state index contributed by atoms with van der Waals surface area (Å²) < 4.78 is 2.77. The lowest BCUT2D eigenvalue weighted by atomic mass is 10.1. The van der Waals surface area contributed by atoms with Gasteiger partial charge in [0.2, 0.25) is 5.82 Å². The zero-order chi connectivity index (χ0) is 22.0. The maximum Gasteiger partial charge on any atom is 0.281 e. The van der Waals surface area contributed by atoms with Crippen molar-refractivity contribution in [1.29, 1.82) is 0 Å². The van der Waals surface area contributed by atoms with Gasteiger partial charge in [-0.1, -0.05) is 6.92 Å². The van der Waals surface area contributed by atoms with Gasteiger partial charge in [0.1, 0.15) is 18.3 Å². The van der Waals surface area contributed by atoms with Crippen molar-refractivity contribution >= 4 is 11.0 Å². The molecule has 0 saturated carbocycles. The molecule has 0 aliphatic rings. The van der Waals surface area contributed by atoms with Crippen LogP contribution in [0.15, 0.2) is 16.9 Å². The first-order valence-corrected chi connectivity index (χ1v) is 9.71. The third-order valence-corrected chi connectivity index (χ3v) is 5.09. The number of hydrogen-bond donors (Lipinski definition) is 4. The van der Waals surface area contributed by atoms with Crippen LogP contribution in [-0.2, 0) is 13.1 Å². The van der Waals surface area contributed by atoms with Gasteiger partial charge in [0.05, 0.1) is 24.2 Å². The van der Waals surface area contributed by atoms with Crippen LogP contribution in [0.1, 0.15) is 24.5 Å². The summed E-state index contributed by atoms with van der Waals surface area (Å²) in [4.78, 5) is 17.8. The Balaban J connectivity index is 2.21. The van der Waals surface area contributed by atoms with Crippen molar-refractivity contribution in [1.82, 2.24) is 29.8 Å². The number of hydrogen-bond acceptors (Lipinski definition) is 9. The number of aliphatic hydroxyl groups is 4. The molecule has 0 bridgehead atoms.